The van der Waals surface area contributed by atoms with Crippen LogP contribution in [0.3, 0.4) is 0 Å². The molecule has 0 saturated carbocycles. The zero-order chi connectivity index (χ0) is 12.5. The van der Waals surface area contributed by atoms with Crippen LogP contribution >= 0.6 is 0 Å². The van der Waals surface area contributed by atoms with Crippen molar-refractivity contribution in [1.82, 2.24) is 4.90 Å². The van der Waals surface area contributed by atoms with Gasteiger partial charge in [0.2, 0.25) is 0 Å². The van der Waals surface area contributed by atoms with Crippen LogP contribution in [0.25, 0.3) is 0 Å². The van der Waals surface area contributed by atoms with Crippen LogP contribution in [0, 0.1) is 6.92 Å². The van der Waals surface area contributed by atoms with Crippen molar-refractivity contribution in [3.05, 3.63) is 29.3 Å². The van der Waals surface area contributed by atoms with Gasteiger partial charge in [0, 0.05) is 12.1 Å². The number of aryl methyl sites for hydroxylation is 1. The van der Waals surface area contributed by atoms with Crippen LogP contribution in [0.15, 0.2) is 18.2 Å². The Labute approximate surface area is 104 Å². The smallest absolute Gasteiger partial charge is 0.127 e. The lowest BCUT2D eigenvalue weighted by molar-refractivity contribution is 0.147. The Morgan fingerprint density at radius 3 is 2.82 bits per heavy atom. The van der Waals surface area contributed by atoms with Gasteiger partial charge in [-0.1, -0.05) is 18.2 Å². The Hall–Kier alpha value is -1.06. The molecule has 2 N–H and O–H groups in total. The number of para-hydroxylation sites is 1. The van der Waals surface area contributed by atoms with Gasteiger partial charge in [-0.3, -0.25) is 4.90 Å². The molecule has 0 aromatic heterocycles. The number of likely N-dealkylation sites (N-methyl/N-ethyl adjacent to an activating group) is 1. The minimum Gasteiger partial charge on any atom is -0.493 e. The molecule has 3 heteroatoms. The standard InChI is InChI=1S/C14H22N2O/c1-11-6-4-7-12-13(11)17-9-5-8-14(12,10-15)16(2)3/h4,6-7H,5,8-10,15H2,1-3H3. The van der Waals surface area contributed by atoms with Gasteiger partial charge in [-0.2, -0.15) is 0 Å². The molecule has 1 unspecified atom stereocenters. The molecule has 1 aromatic carbocycles. The van der Waals surface area contributed by atoms with Crippen molar-refractivity contribution in [2.24, 2.45) is 5.73 Å². The van der Waals surface area contributed by atoms with Gasteiger partial charge in [-0.05, 0) is 39.4 Å². The summed E-state index contributed by atoms with van der Waals surface area (Å²) < 4.78 is 5.90. The van der Waals surface area contributed by atoms with E-state index in [1.54, 1.807) is 0 Å². The first-order valence-electron chi connectivity index (χ1n) is 6.22. The number of rotatable bonds is 2. The second kappa shape index (κ2) is 4.67. The van der Waals surface area contributed by atoms with Gasteiger partial charge in [0.15, 0.2) is 0 Å². The topological polar surface area (TPSA) is 38.5 Å². The third-order valence-electron chi connectivity index (χ3n) is 3.89. The summed E-state index contributed by atoms with van der Waals surface area (Å²) in [7, 11) is 4.20. The Morgan fingerprint density at radius 2 is 2.18 bits per heavy atom. The summed E-state index contributed by atoms with van der Waals surface area (Å²) >= 11 is 0. The summed E-state index contributed by atoms with van der Waals surface area (Å²) in [6, 6.07) is 6.35. The lowest BCUT2D eigenvalue weighted by Gasteiger charge is -2.39. The van der Waals surface area contributed by atoms with E-state index in [0.717, 1.165) is 25.2 Å². The van der Waals surface area contributed by atoms with Crippen LogP contribution in [-0.4, -0.2) is 32.1 Å². The number of benzene rings is 1. The molecule has 0 spiro atoms. The van der Waals surface area contributed by atoms with E-state index < -0.39 is 0 Å². The Bertz CT molecular complexity index is 403. The van der Waals surface area contributed by atoms with E-state index in [-0.39, 0.29) is 5.54 Å². The summed E-state index contributed by atoms with van der Waals surface area (Å²) in [6.45, 7) is 3.51. The Balaban J connectivity index is 2.60. The number of hydrogen-bond donors (Lipinski definition) is 1. The molecule has 0 saturated heterocycles. The molecule has 0 bridgehead atoms. The number of fused-ring (bicyclic) bond motifs is 1. The zero-order valence-corrected chi connectivity index (χ0v) is 11.0. The highest BCUT2D eigenvalue weighted by Crippen LogP contribution is 2.40. The highest BCUT2D eigenvalue weighted by molar-refractivity contribution is 5.46. The number of hydrogen-bond acceptors (Lipinski definition) is 3. The fourth-order valence-corrected chi connectivity index (χ4v) is 2.74. The molecular weight excluding hydrogens is 212 g/mol. The van der Waals surface area contributed by atoms with Crippen LogP contribution in [-0.2, 0) is 5.54 Å². The van der Waals surface area contributed by atoms with Crippen LogP contribution in [0.2, 0.25) is 0 Å². The molecule has 94 valence electrons. The van der Waals surface area contributed by atoms with Crippen molar-refractivity contribution < 1.29 is 4.74 Å². The van der Waals surface area contributed by atoms with E-state index in [1.807, 2.05) is 0 Å². The van der Waals surface area contributed by atoms with Crippen molar-refractivity contribution in [3.63, 3.8) is 0 Å². The normalized spacial score (nSPS) is 24.1. The van der Waals surface area contributed by atoms with E-state index in [0.29, 0.717) is 6.54 Å². The monoisotopic (exact) mass is 234 g/mol. The Morgan fingerprint density at radius 1 is 1.41 bits per heavy atom. The van der Waals surface area contributed by atoms with Gasteiger partial charge in [0.1, 0.15) is 5.75 Å². The largest absolute Gasteiger partial charge is 0.493 e. The van der Waals surface area contributed by atoms with Gasteiger partial charge >= 0.3 is 0 Å². The molecule has 2 rings (SSSR count). The van der Waals surface area contributed by atoms with Crippen molar-refractivity contribution in [2.75, 3.05) is 27.2 Å². The third-order valence-corrected chi connectivity index (χ3v) is 3.89. The Kier molecular flexibility index (Phi) is 3.40. The van der Waals surface area contributed by atoms with Crippen molar-refractivity contribution in [1.29, 1.82) is 0 Å². The molecule has 0 fully saturated rings. The second-order valence-electron chi connectivity index (χ2n) is 5.03. The van der Waals surface area contributed by atoms with Crippen molar-refractivity contribution >= 4 is 0 Å². The minimum absolute atomic E-state index is 0.0855. The fourth-order valence-electron chi connectivity index (χ4n) is 2.74. The molecule has 0 radical (unpaired) electrons. The fraction of sp³-hybridized carbons (Fsp3) is 0.571. The molecule has 0 aliphatic carbocycles. The van der Waals surface area contributed by atoms with Gasteiger partial charge in [0.25, 0.3) is 0 Å². The zero-order valence-electron chi connectivity index (χ0n) is 11.0. The van der Waals surface area contributed by atoms with E-state index in [2.05, 4.69) is 44.1 Å². The van der Waals surface area contributed by atoms with Crippen LogP contribution < -0.4 is 10.5 Å². The predicted octanol–water partition coefficient (Wildman–Crippen LogP) is 1.88. The number of ether oxygens (including phenoxy) is 1. The molecule has 1 aromatic rings. The molecule has 1 heterocycles. The molecule has 1 aliphatic rings. The average Bonchev–Trinajstić information content (AvgIpc) is 2.50. The van der Waals surface area contributed by atoms with Gasteiger partial charge in [0.05, 0.1) is 12.1 Å². The molecule has 1 atom stereocenters. The average molecular weight is 234 g/mol. The first kappa shape index (κ1) is 12.4. The van der Waals surface area contributed by atoms with Gasteiger partial charge in [-0.15, -0.1) is 0 Å². The second-order valence-corrected chi connectivity index (χ2v) is 5.03. The van der Waals surface area contributed by atoms with E-state index in [9.17, 15) is 0 Å². The molecule has 1 aliphatic heterocycles. The lowest BCUT2D eigenvalue weighted by Crippen LogP contribution is -2.47. The number of nitrogens with zero attached hydrogens (tertiary/aromatic N) is 1. The van der Waals surface area contributed by atoms with Crippen molar-refractivity contribution in [3.8, 4) is 5.75 Å². The molecular formula is C14H22N2O. The van der Waals surface area contributed by atoms with Crippen molar-refractivity contribution in [2.45, 2.75) is 25.3 Å². The highest BCUT2D eigenvalue weighted by Gasteiger charge is 2.37. The maximum Gasteiger partial charge on any atom is 0.127 e. The summed E-state index contributed by atoms with van der Waals surface area (Å²) in [4.78, 5) is 2.24. The minimum atomic E-state index is -0.0855. The van der Waals surface area contributed by atoms with Crippen LogP contribution in [0.1, 0.15) is 24.0 Å². The van der Waals surface area contributed by atoms with E-state index in [4.69, 9.17) is 10.5 Å². The molecule has 3 nitrogen and oxygen atoms in total. The highest BCUT2D eigenvalue weighted by atomic mass is 16.5. The maximum atomic E-state index is 6.08. The van der Waals surface area contributed by atoms with E-state index in [1.165, 1.54) is 11.1 Å². The summed E-state index contributed by atoms with van der Waals surface area (Å²) in [5.74, 6) is 1.03. The summed E-state index contributed by atoms with van der Waals surface area (Å²) in [6.07, 6.45) is 2.09. The summed E-state index contributed by atoms with van der Waals surface area (Å²) in [5.41, 5.74) is 8.43. The van der Waals surface area contributed by atoms with Crippen LogP contribution in [0.5, 0.6) is 5.75 Å². The summed E-state index contributed by atoms with van der Waals surface area (Å²) in [5, 5.41) is 0. The first-order chi connectivity index (χ1) is 8.12. The van der Waals surface area contributed by atoms with Crippen LogP contribution in [0.4, 0.5) is 0 Å². The van der Waals surface area contributed by atoms with Gasteiger partial charge in [-0.25, -0.2) is 0 Å². The third kappa shape index (κ3) is 1.94. The SMILES string of the molecule is Cc1cccc2c1OCCCC2(CN)N(C)C. The number of nitrogens with two attached hydrogens (primary N) is 1. The molecule has 0 amide bonds. The van der Waals surface area contributed by atoms with Gasteiger partial charge < -0.3 is 10.5 Å². The maximum absolute atomic E-state index is 6.08. The lowest BCUT2D eigenvalue weighted by atomic mass is 9.83. The van der Waals surface area contributed by atoms with E-state index >= 15 is 0 Å². The first-order valence-corrected chi connectivity index (χ1v) is 6.22. The predicted molar refractivity (Wildman–Crippen MR) is 70.3 cm³/mol. The quantitative estimate of drug-likeness (QED) is 0.849. The molecule has 17 heavy (non-hydrogen) atoms.